The lowest BCUT2D eigenvalue weighted by atomic mass is 9.93. The fraction of sp³-hybridized carbons (Fsp3) is 0.370. The number of benzene rings is 2. The summed E-state index contributed by atoms with van der Waals surface area (Å²) in [7, 11) is 0. The molecule has 7 nitrogen and oxygen atoms in total. The zero-order chi connectivity index (χ0) is 25.3. The second-order valence-electron chi connectivity index (χ2n) is 9.74. The number of nitrogens with one attached hydrogen (secondary N) is 2. The van der Waals surface area contributed by atoms with Crippen LogP contribution in [-0.2, 0) is 22.7 Å². The third-order valence-corrected chi connectivity index (χ3v) is 6.78. The molecular weight excluding hydrogens is 464 g/mol. The molecule has 0 bridgehead atoms. The maximum atomic E-state index is 14.1. The molecular formula is C27H31ClN4O3. The molecule has 184 valence electrons. The van der Waals surface area contributed by atoms with Crippen molar-refractivity contribution in [3.05, 3.63) is 64.8 Å². The van der Waals surface area contributed by atoms with E-state index in [1.54, 1.807) is 24.0 Å². The second-order valence-corrected chi connectivity index (χ2v) is 10.2. The van der Waals surface area contributed by atoms with Gasteiger partial charge in [-0.15, -0.1) is 0 Å². The minimum Gasteiger partial charge on any atom is -0.354 e. The molecule has 4 rings (SSSR count). The van der Waals surface area contributed by atoms with Gasteiger partial charge >= 0.3 is 0 Å². The van der Waals surface area contributed by atoms with E-state index in [4.69, 9.17) is 11.6 Å². The van der Waals surface area contributed by atoms with E-state index in [9.17, 15) is 14.4 Å². The number of rotatable bonds is 7. The highest BCUT2D eigenvalue weighted by molar-refractivity contribution is 6.30. The molecule has 3 amide bonds. The Morgan fingerprint density at radius 3 is 2.46 bits per heavy atom. The topological polar surface area (TPSA) is 83.4 Å². The van der Waals surface area contributed by atoms with Crippen molar-refractivity contribution in [1.82, 2.24) is 14.8 Å². The van der Waals surface area contributed by atoms with E-state index in [1.807, 2.05) is 41.0 Å². The van der Waals surface area contributed by atoms with Crippen LogP contribution in [0.15, 0.2) is 48.5 Å². The number of fused-ring (bicyclic) bond motifs is 3. The van der Waals surface area contributed by atoms with Gasteiger partial charge in [0.15, 0.2) is 0 Å². The zero-order valence-electron chi connectivity index (χ0n) is 20.5. The summed E-state index contributed by atoms with van der Waals surface area (Å²) >= 11 is 6.07. The maximum Gasteiger partial charge on any atom is 0.273 e. The molecule has 35 heavy (non-hydrogen) atoms. The molecule has 2 aromatic carbocycles. The molecule has 1 atom stereocenters. The van der Waals surface area contributed by atoms with Crippen LogP contribution in [0.2, 0.25) is 5.02 Å². The summed E-state index contributed by atoms with van der Waals surface area (Å²) in [5.74, 6) is -0.333. The molecule has 0 radical (unpaired) electrons. The van der Waals surface area contributed by atoms with Crippen LogP contribution in [0.1, 0.15) is 50.2 Å². The lowest BCUT2D eigenvalue weighted by Gasteiger charge is -2.44. The molecule has 0 fully saturated rings. The number of halogens is 1. The third-order valence-electron chi connectivity index (χ3n) is 6.53. The van der Waals surface area contributed by atoms with Gasteiger partial charge in [0, 0.05) is 30.4 Å². The standard InChI is InChI=1S/C27H31ClN4O3/c1-17(2)13-14-29-26(35)27(4)16-31-22-8-6-5-7-21(22)23(30-18(3)33)24(31)25(34)32(27)15-19-9-11-20(28)12-10-19/h5-12,17H,13-16H2,1-4H3,(H,29,35)(H,30,33). The predicted molar refractivity (Wildman–Crippen MR) is 138 cm³/mol. The lowest BCUT2D eigenvalue weighted by molar-refractivity contribution is -0.133. The normalized spacial score (nSPS) is 17.5. The average Bonchev–Trinajstić information content (AvgIpc) is 3.10. The van der Waals surface area contributed by atoms with Gasteiger partial charge in [0.25, 0.3) is 5.91 Å². The van der Waals surface area contributed by atoms with Gasteiger partial charge in [0.2, 0.25) is 11.8 Å². The van der Waals surface area contributed by atoms with Crippen molar-refractivity contribution in [3.63, 3.8) is 0 Å². The number of aromatic nitrogens is 1. The van der Waals surface area contributed by atoms with Crippen LogP contribution < -0.4 is 10.6 Å². The maximum absolute atomic E-state index is 14.1. The van der Waals surface area contributed by atoms with E-state index in [-0.39, 0.29) is 30.8 Å². The highest BCUT2D eigenvalue weighted by atomic mass is 35.5. The first-order valence-electron chi connectivity index (χ1n) is 11.9. The largest absolute Gasteiger partial charge is 0.354 e. The number of para-hydroxylation sites is 1. The number of nitrogens with zero attached hydrogens (tertiary/aromatic N) is 2. The molecule has 1 aliphatic heterocycles. The molecule has 1 aliphatic rings. The molecule has 0 aliphatic carbocycles. The molecule has 1 unspecified atom stereocenters. The summed E-state index contributed by atoms with van der Waals surface area (Å²) in [6.07, 6.45) is 0.845. The molecule has 2 N–H and O–H groups in total. The van der Waals surface area contributed by atoms with E-state index in [1.165, 1.54) is 6.92 Å². The highest BCUT2D eigenvalue weighted by Crippen LogP contribution is 2.39. The Labute approximate surface area is 210 Å². The Morgan fingerprint density at radius 1 is 1.11 bits per heavy atom. The quantitative estimate of drug-likeness (QED) is 0.493. The van der Waals surface area contributed by atoms with Crippen molar-refractivity contribution in [2.45, 2.75) is 52.7 Å². The highest BCUT2D eigenvalue weighted by Gasteiger charge is 2.48. The summed E-state index contributed by atoms with van der Waals surface area (Å²) in [5.41, 5.74) is 1.36. The van der Waals surface area contributed by atoms with E-state index in [0.717, 1.165) is 22.9 Å². The van der Waals surface area contributed by atoms with Gasteiger partial charge < -0.3 is 20.1 Å². The number of carbonyl (C=O) groups is 3. The molecule has 3 aromatic rings. The van der Waals surface area contributed by atoms with Crippen LogP contribution in [0.4, 0.5) is 5.69 Å². The summed E-state index contributed by atoms with van der Waals surface area (Å²) in [5, 5.41) is 7.27. The fourth-order valence-corrected chi connectivity index (χ4v) is 4.74. The number of hydrogen-bond donors (Lipinski definition) is 2. The van der Waals surface area contributed by atoms with Crippen molar-refractivity contribution >= 4 is 45.9 Å². The van der Waals surface area contributed by atoms with Crippen LogP contribution in [0.3, 0.4) is 0 Å². The van der Waals surface area contributed by atoms with Crippen molar-refractivity contribution < 1.29 is 14.4 Å². The van der Waals surface area contributed by atoms with Crippen molar-refractivity contribution in [2.24, 2.45) is 5.92 Å². The molecule has 0 spiro atoms. The Kier molecular flexibility index (Phi) is 6.90. The predicted octanol–water partition coefficient (Wildman–Crippen LogP) is 4.83. The zero-order valence-corrected chi connectivity index (χ0v) is 21.3. The number of hydrogen-bond acceptors (Lipinski definition) is 3. The van der Waals surface area contributed by atoms with Crippen molar-refractivity contribution in [3.8, 4) is 0 Å². The molecule has 2 heterocycles. The van der Waals surface area contributed by atoms with E-state index < -0.39 is 5.54 Å². The monoisotopic (exact) mass is 494 g/mol. The Balaban J connectivity index is 1.83. The van der Waals surface area contributed by atoms with Crippen LogP contribution in [0.25, 0.3) is 10.9 Å². The number of carbonyl (C=O) groups excluding carboxylic acids is 3. The summed E-state index contributed by atoms with van der Waals surface area (Å²) in [6, 6.07) is 14.8. The van der Waals surface area contributed by atoms with E-state index >= 15 is 0 Å². The van der Waals surface area contributed by atoms with Crippen LogP contribution in [-0.4, -0.2) is 39.3 Å². The Bertz CT molecular complexity index is 1280. The number of anilines is 1. The second kappa shape index (κ2) is 9.74. The summed E-state index contributed by atoms with van der Waals surface area (Å²) < 4.78 is 1.86. The first kappa shape index (κ1) is 24.8. The van der Waals surface area contributed by atoms with Gasteiger partial charge in [-0.2, -0.15) is 0 Å². The van der Waals surface area contributed by atoms with Gasteiger partial charge in [-0.05, 0) is 43.0 Å². The Morgan fingerprint density at radius 2 is 1.80 bits per heavy atom. The van der Waals surface area contributed by atoms with Crippen LogP contribution >= 0.6 is 11.6 Å². The summed E-state index contributed by atoms with van der Waals surface area (Å²) in [6.45, 7) is 8.45. The first-order valence-corrected chi connectivity index (χ1v) is 12.2. The minimum absolute atomic E-state index is 0.204. The van der Waals surface area contributed by atoms with Gasteiger partial charge in [0.05, 0.1) is 17.7 Å². The van der Waals surface area contributed by atoms with E-state index in [0.29, 0.717) is 28.9 Å². The third kappa shape index (κ3) is 4.78. The summed E-state index contributed by atoms with van der Waals surface area (Å²) in [4.78, 5) is 41.4. The molecule has 0 saturated carbocycles. The lowest BCUT2D eigenvalue weighted by Crippen LogP contribution is -2.63. The first-order chi connectivity index (χ1) is 16.6. The fourth-order valence-electron chi connectivity index (χ4n) is 4.62. The van der Waals surface area contributed by atoms with Crippen molar-refractivity contribution in [2.75, 3.05) is 11.9 Å². The molecule has 0 saturated heterocycles. The van der Waals surface area contributed by atoms with E-state index in [2.05, 4.69) is 24.5 Å². The SMILES string of the molecule is CC(=O)Nc1c2n(c3ccccc13)CC(C)(C(=O)NCCC(C)C)N(Cc1ccc(Cl)cc1)C2=O. The smallest absolute Gasteiger partial charge is 0.273 e. The van der Waals surface area contributed by atoms with Crippen LogP contribution in [0, 0.1) is 5.92 Å². The number of amides is 3. The molecule has 1 aromatic heterocycles. The van der Waals surface area contributed by atoms with Gasteiger partial charge in [0.1, 0.15) is 11.2 Å². The van der Waals surface area contributed by atoms with Gasteiger partial charge in [-0.1, -0.05) is 55.8 Å². The average molecular weight is 495 g/mol. The van der Waals surface area contributed by atoms with Gasteiger partial charge in [-0.25, -0.2) is 0 Å². The van der Waals surface area contributed by atoms with Crippen LogP contribution in [0.5, 0.6) is 0 Å². The van der Waals surface area contributed by atoms with Gasteiger partial charge in [-0.3, -0.25) is 14.4 Å². The Hall–Kier alpha value is -3.32. The minimum atomic E-state index is -1.14. The van der Waals surface area contributed by atoms with Crippen molar-refractivity contribution in [1.29, 1.82) is 0 Å². The molecule has 8 heteroatoms.